The zero-order valence-electron chi connectivity index (χ0n) is 10.8. The monoisotopic (exact) mass is 275 g/mol. The molecule has 0 fully saturated rings. The number of nitrogens with one attached hydrogen (secondary N) is 1. The van der Waals surface area contributed by atoms with Gasteiger partial charge in [-0.2, -0.15) is 0 Å². The summed E-state index contributed by atoms with van der Waals surface area (Å²) in [6.45, 7) is 0.715. The van der Waals surface area contributed by atoms with Crippen molar-refractivity contribution < 1.29 is 13.9 Å². The molecule has 2 unspecified atom stereocenters. The summed E-state index contributed by atoms with van der Waals surface area (Å²) in [7, 11) is 0. The molecule has 2 aromatic carbocycles. The van der Waals surface area contributed by atoms with E-state index in [1.807, 2.05) is 24.3 Å². The van der Waals surface area contributed by atoms with Gasteiger partial charge in [-0.15, -0.1) is 0 Å². The highest BCUT2D eigenvalue weighted by Crippen LogP contribution is 2.35. The predicted octanol–water partition coefficient (Wildman–Crippen LogP) is 3.50. The summed E-state index contributed by atoms with van der Waals surface area (Å²) in [4.78, 5) is 0. The molecule has 4 heteroatoms. The van der Waals surface area contributed by atoms with Crippen LogP contribution in [0.5, 0.6) is 0 Å². The lowest BCUT2D eigenvalue weighted by molar-refractivity contribution is 0.133. The van der Waals surface area contributed by atoms with Gasteiger partial charge < -0.3 is 10.4 Å². The molecule has 1 heterocycles. The molecule has 0 radical (unpaired) electrons. The highest BCUT2D eigenvalue weighted by atomic mass is 19.3. The average molecular weight is 275 g/mol. The highest BCUT2D eigenvalue weighted by molar-refractivity contribution is 5.37. The molecule has 104 valence electrons. The number of aliphatic hydroxyl groups is 1. The Kier molecular flexibility index (Phi) is 3.51. The van der Waals surface area contributed by atoms with Crippen LogP contribution in [0.1, 0.15) is 40.8 Å². The Hall–Kier alpha value is -1.78. The van der Waals surface area contributed by atoms with Crippen LogP contribution in [0.3, 0.4) is 0 Å². The molecule has 2 N–H and O–H groups in total. The fourth-order valence-corrected chi connectivity index (χ4v) is 2.64. The molecule has 0 saturated heterocycles. The van der Waals surface area contributed by atoms with Gasteiger partial charge in [-0.25, -0.2) is 8.78 Å². The lowest BCUT2D eigenvalue weighted by Crippen LogP contribution is -2.20. The van der Waals surface area contributed by atoms with E-state index in [-0.39, 0.29) is 11.6 Å². The summed E-state index contributed by atoms with van der Waals surface area (Å²) in [6.07, 6.45) is -3.23. The molecule has 2 nitrogen and oxygen atoms in total. The molecule has 0 saturated carbocycles. The van der Waals surface area contributed by atoms with Crippen molar-refractivity contribution in [3.8, 4) is 0 Å². The molecule has 1 aliphatic rings. The third-order valence-electron chi connectivity index (χ3n) is 3.75. The van der Waals surface area contributed by atoms with E-state index >= 15 is 0 Å². The summed E-state index contributed by atoms with van der Waals surface area (Å²) < 4.78 is 25.0. The first-order valence-corrected chi connectivity index (χ1v) is 6.54. The molecular weight excluding hydrogens is 260 g/mol. The lowest BCUT2D eigenvalue weighted by atomic mass is 9.95. The summed E-state index contributed by atoms with van der Waals surface area (Å²) in [5.41, 5.74) is 2.85. The summed E-state index contributed by atoms with van der Waals surface area (Å²) in [5, 5.41) is 13.7. The van der Waals surface area contributed by atoms with Gasteiger partial charge in [0.05, 0.1) is 12.1 Å². The van der Waals surface area contributed by atoms with Crippen molar-refractivity contribution in [1.29, 1.82) is 0 Å². The van der Waals surface area contributed by atoms with Crippen molar-refractivity contribution in [2.75, 3.05) is 0 Å². The number of halogens is 2. The Morgan fingerprint density at radius 1 is 1.00 bits per heavy atom. The number of rotatable bonds is 3. The molecule has 20 heavy (non-hydrogen) atoms. The number of fused-ring (bicyclic) bond motifs is 1. The Morgan fingerprint density at radius 2 is 1.65 bits per heavy atom. The third-order valence-corrected chi connectivity index (χ3v) is 3.75. The summed E-state index contributed by atoms with van der Waals surface area (Å²) in [6, 6.07) is 13.6. The Bertz CT molecular complexity index is 598. The molecule has 1 aliphatic heterocycles. The van der Waals surface area contributed by atoms with E-state index in [0.717, 1.165) is 5.56 Å². The molecule has 0 spiro atoms. The lowest BCUT2D eigenvalue weighted by Gasteiger charge is -2.20. The second kappa shape index (κ2) is 5.31. The molecular formula is C16H15F2NO. The van der Waals surface area contributed by atoms with Crippen LogP contribution in [0.2, 0.25) is 0 Å². The predicted molar refractivity (Wildman–Crippen MR) is 72.4 cm³/mol. The standard InChI is InChI=1S/C16H15F2NO/c17-16(18)11-7-5-10(6-8-11)15(20)14-13-4-2-1-3-12(13)9-19-14/h1-8,14-16,19-20H,9H2. The molecule has 0 amide bonds. The molecule has 3 rings (SSSR count). The maximum atomic E-state index is 12.5. The van der Waals surface area contributed by atoms with Gasteiger partial charge in [-0.1, -0.05) is 48.5 Å². The normalized spacial score (nSPS) is 19.1. The van der Waals surface area contributed by atoms with Crippen LogP contribution in [-0.2, 0) is 6.54 Å². The smallest absolute Gasteiger partial charge is 0.263 e. The fourth-order valence-electron chi connectivity index (χ4n) is 2.64. The van der Waals surface area contributed by atoms with Gasteiger partial charge >= 0.3 is 0 Å². The van der Waals surface area contributed by atoms with Crippen LogP contribution in [-0.4, -0.2) is 5.11 Å². The zero-order chi connectivity index (χ0) is 14.1. The van der Waals surface area contributed by atoms with E-state index in [9.17, 15) is 13.9 Å². The van der Waals surface area contributed by atoms with E-state index in [4.69, 9.17) is 0 Å². The number of benzene rings is 2. The van der Waals surface area contributed by atoms with E-state index in [1.54, 1.807) is 12.1 Å². The molecule has 2 atom stereocenters. The van der Waals surface area contributed by atoms with Crippen molar-refractivity contribution in [3.05, 3.63) is 70.8 Å². The van der Waals surface area contributed by atoms with Crippen LogP contribution in [0.25, 0.3) is 0 Å². The second-order valence-electron chi connectivity index (χ2n) is 4.97. The van der Waals surface area contributed by atoms with E-state index in [1.165, 1.54) is 17.7 Å². The summed E-state index contributed by atoms with van der Waals surface area (Å²) in [5.74, 6) is 0. The first kappa shape index (κ1) is 13.2. The van der Waals surface area contributed by atoms with Gasteiger partial charge in [0, 0.05) is 12.1 Å². The zero-order valence-corrected chi connectivity index (χ0v) is 10.8. The van der Waals surface area contributed by atoms with Crippen LogP contribution < -0.4 is 5.32 Å². The van der Waals surface area contributed by atoms with Crippen molar-refractivity contribution in [2.45, 2.75) is 25.1 Å². The quantitative estimate of drug-likeness (QED) is 0.898. The van der Waals surface area contributed by atoms with Gasteiger partial charge in [0.1, 0.15) is 0 Å². The van der Waals surface area contributed by atoms with E-state index in [2.05, 4.69) is 5.32 Å². The van der Waals surface area contributed by atoms with Gasteiger partial charge in [-0.05, 0) is 16.7 Å². The number of hydrogen-bond acceptors (Lipinski definition) is 2. The largest absolute Gasteiger partial charge is 0.386 e. The van der Waals surface area contributed by atoms with Gasteiger partial charge in [0.25, 0.3) is 6.43 Å². The van der Waals surface area contributed by atoms with Crippen molar-refractivity contribution in [1.82, 2.24) is 5.32 Å². The first-order valence-electron chi connectivity index (χ1n) is 6.54. The molecule has 2 aromatic rings. The third kappa shape index (κ3) is 2.32. The number of alkyl halides is 2. The maximum absolute atomic E-state index is 12.5. The minimum absolute atomic E-state index is 0.0271. The topological polar surface area (TPSA) is 32.3 Å². The Morgan fingerprint density at radius 3 is 2.35 bits per heavy atom. The van der Waals surface area contributed by atoms with Crippen LogP contribution in [0.15, 0.2) is 48.5 Å². The molecule has 0 bridgehead atoms. The Balaban J connectivity index is 1.85. The van der Waals surface area contributed by atoms with Gasteiger partial charge in [-0.3, -0.25) is 0 Å². The minimum atomic E-state index is -2.48. The molecule has 0 aromatic heterocycles. The van der Waals surface area contributed by atoms with Gasteiger partial charge in [0.15, 0.2) is 0 Å². The fraction of sp³-hybridized carbons (Fsp3) is 0.250. The van der Waals surface area contributed by atoms with Crippen molar-refractivity contribution in [2.24, 2.45) is 0 Å². The maximum Gasteiger partial charge on any atom is 0.263 e. The minimum Gasteiger partial charge on any atom is -0.386 e. The second-order valence-corrected chi connectivity index (χ2v) is 4.97. The van der Waals surface area contributed by atoms with Crippen LogP contribution in [0.4, 0.5) is 8.78 Å². The Labute approximate surface area is 116 Å². The van der Waals surface area contributed by atoms with Crippen LogP contribution in [0, 0.1) is 0 Å². The SMILES string of the molecule is OC(c1ccc(C(F)F)cc1)C1NCc2ccccc21. The van der Waals surface area contributed by atoms with Crippen molar-refractivity contribution >= 4 is 0 Å². The number of aliphatic hydroxyl groups excluding tert-OH is 1. The van der Waals surface area contributed by atoms with Crippen LogP contribution >= 0.6 is 0 Å². The first-order chi connectivity index (χ1) is 9.66. The van der Waals surface area contributed by atoms with E-state index < -0.39 is 12.5 Å². The molecule has 0 aliphatic carbocycles. The summed E-state index contributed by atoms with van der Waals surface area (Å²) >= 11 is 0. The van der Waals surface area contributed by atoms with Crippen molar-refractivity contribution in [3.63, 3.8) is 0 Å². The number of hydrogen-bond donors (Lipinski definition) is 2. The van der Waals surface area contributed by atoms with E-state index in [0.29, 0.717) is 12.1 Å². The average Bonchev–Trinajstić information content (AvgIpc) is 2.90. The highest BCUT2D eigenvalue weighted by Gasteiger charge is 2.28. The van der Waals surface area contributed by atoms with Gasteiger partial charge in [0.2, 0.25) is 0 Å².